The van der Waals surface area contributed by atoms with Crippen molar-refractivity contribution in [3.8, 4) is 0 Å². The standard InChI is InChI=1S/C17H23N3O2/c1-19-8-9-20(2)12(11-19)10-18-17(22)15-5-3-4-14-13(15)6-7-16(14)21/h3-5,12H,6-11H2,1-2H3,(H,18,22). The van der Waals surface area contributed by atoms with Crippen LogP contribution in [0.4, 0.5) is 0 Å². The minimum Gasteiger partial charge on any atom is -0.350 e. The summed E-state index contributed by atoms with van der Waals surface area (Å²) in [6, 6.07) is 5.79. The van der Waals surface area contributed by atoms with Gasteiger partial charge in [-0.2, -0.15) is 0 Å². The number of benzene rings is 1. The third-order valence-electron chi connectivity index (χ3n) is 4.80. The van der Waals surface area contributed by atoms with Crippen LogP contribution in [0.5, 0.6) is 0 Å². The molecule has 1 aliphatic carbocycles. The minimum absolute atomic E-state index is 0.0619. The number of carbonyl (C=O) groups excluding carboxylic acids is 2. The van der Waals surface area contributed by atoms with Crippen LogP contribution in [0, 0.1) is 0 Å². The molecule has 5 heteroatoms. The molecule has 1 unspecified atom stereocenters. The molecular formula is C17H23N3O2. The van der Waals surface area contributed by atoms with Crippen molar-refractivity contribution in [2.24, 2.45) is 0 Å². The van der Waals surface area contributed by atoms with E-state index in [1.165, 1.54) is 0 Å². The number of Topliss-reactive ketones (excluding diaryl/α,β-unsaturated/α-hetero) is 1. The first-order valence-corrected chi connectivity index (χ1v) is 7.88. The van der Waals surface area contributed by atoms with Crippen molar-refractivity contribution in [1.29, 1.82) is 0 Å². The fourth-order valence-corrected chi connectivity index (χ4v) is 3.33. The van der Waals surface area contributed by atoms with Gasteiger partial charge in [-0.3, -0.25) is 14.5 Å². The highest BCUT2D eigenvalue weighted by Gasteiger charge is 2.26. The molecule has 22 heavy (non-hydrogen) atoms. The zero-order chi connectivity index (χ0) is 15.7. The Kier molecular flexibility index (Phi) is 4.27. The molecule has 1 aromatic carbocycles. The largest absolute Gasteiger partial charge is 0.350 e. The number of amides is 1. The van der Waals surface area contributed by atoms with Gasteiger partial charge in [-0.05, 0) is 32.1 Å². The second kappa shape index (κ2) is 6.18. The van der Waals surface area contributed by atoms with Crippen molar-refractivity contribution in [3.63, 3.8) is 0 Å². The van der Waals surface area contributed by atoms with Gasteiger partial charge in [0.1, 0.15) is 0 Å². The van der Waals surface area contributed by atoms with Gasteiger partial charge in [0.25, 0.3) is 5.91 Å². The molecule has 1 N–H and O–H groups in total. The molecule has 1 aromatic rings. The van der Waals surface area contributed by atoms with Gasteiger partial charge in [0, 0.05) is 49.8 Å². The topological polar surface area (TPSA) is 52.6 Å². The van der Waals surface area contributed by atoms with Gasteiger partial charge < -0.3 is 10.2 Å². The van der Waals surface area contributed by atoms with Crippen LogP contribution in [0.3, 0.4) is 0 Å². The number of piperazine rings is 1. The summed E-state index contributed by atoms with van der Waals surface area (Å²) in [5.41, 5.74) is 2.30. The normalized spacial score (nSPS) is 22.6. The molecule has 2 aliphatic rings. The summed E-state index contributed by atoms with van der Waals surface area (Å²) < 4.78 is 0. The lowest BCUT2D eigenvalue weighted by atomic mass is 10.0. The lowest BCUT2D eigenvalue weighted by molar-refractivity contribution is 0.0880. The number of hydrogen-bond donors (Lipinski definition) is 1. The highest BCUT2D eigenvalue weighted by molar-refractivity contribution is 6.05. The van der Waals surface area contributed by atoms with Crippen LogP contribution in [0.25, 0.3) is 0 Å². The molecule has 0 saturated carbocycles. The van der Waals surface area contributed by atoms with Crippen LogP contribution in [0.1, 0.15) is 32.7 Å². The second-order valence-corrected chi connectivity index (χ2v) is 6.36. The van der Waals surface area contributed by atoms with Crippen molar-refractivity contribution in [2.75, 3.05) is 40.3 Å². The number of rotatable bonds is 3. The number of ketones is 1. The van der Waals surface area contributed by atoms with Gasteiger partial charge in [0.05, 0.1) is 0 Å². The zero-order valence-corrected chi connectivity index (χ0v) is 13.3. The molecule has 0 bridgehead atoms. The van der Waals surface area contributed by atoms with Crippen molar-refractivity contribution < 1.29 is 9.59 Å². The van der Waals surface area contributed by atoms with Crippen molar-refractivity contribution in [3.05, 3.63) is 34.9 Å². The molecule has 1 saturated heterocycles. The van der Waals surface area contributed by atoms with E-state index in [0.29, 0.717) is 31.0 Å². The van der Waals surface area contributed by atoms with Crippen LogP contribution in [-0.2, 0) is 6.42 Å². The number of nitrogens with one attached hydrogen (secondary N) is 1. The smallest absolute Gasteiger partial charge is 0.251 e. The Morgan fingerprint density at radius 1 is 1.27 bits per heavy atom. The first-order valence-electron chi connectivity index (χ1n) is 7.88. The van der Waals surface area contributed by atoms with E-state index >= 15 is 0 Å². The molecular weight excluding hydrogens is 278 g/mol. The highest BCUT2D eigenvalue weighted by atomic mass is 16.1. The summed E-state index contributed by atoms with van der Waals surface area (Å²) >= 11 is 0. The van der Waals surface area contributed by atoms with Gasteiger partial charge in [-0.25, -0.2) is 0 Å². The monoisotopic (exact) mass is 301 g/mol. The van der Waals surface area contributed by atoms with E-state index in [-0.39, 0.29) is 11.7 Å². The number of fused-ring (bicyclic) bond motifs is 1. The second-order valence-electron chi connectivity index (χ2n) is 6.36. The Morgan fingerprint density at radius 3 is 2.91 bits per heavy atom. The molecule has 1 amide bonds. The van der Waals surface area contributed by atoms with Crippen molar-refractivity contribution >= 4 is 11.7 Å². The molecule has 5 nitrogen and oxygen atoms in total. The summed E-state index contributed by atoms with van der Waals surface area (Å²) in [6.07, 6.45) is 1.21. The van der Waals surface area contributed by atoms with Crippen LogP contribution in [0.15, 0.2) is 18.2 Å². The summed E-state index contributed by atoms with van der Waals surface area (Å²) in [5, 5.41) is 3.05. The molecule has 1 atom stereocenters. The maximum Gasteiger partial charge on any atom is 0.251 e. The van der Waals surface area contributed by atoms with Crippen molar-refractivity contribution in [2.45, 2.75) is 18.9 Å². The van der Waals surface area contributed by atoms with Gasteiger partial charge >= 0.3 is 0 Å². The molecule has 3 rings (SSSR count). The van der Waals surface area contributed by atoms with E-state index in [1.807, 2.05) is 12.1 Å². The quantitative estimate of drug-likeness (QED) is 0.897. The average Bonchev–Trinajstić information content (AvgIpc) is 2.89. The van der Waals surface area contributed by atoms with Gasteiger partial charge in [0.15, 0.2) is 5.78 Å². The van der Waals surface area contributed by atoms with Crippen molar-refractivity contribution in [1.82, 2.24) is 15.1 Å². The van der Waals surface area contributed by atoms with Gasteiger partial charge in [-0.15, -0.1) is 0 Å². The maximum atomic E-state index is 12.5. The van der Waals surface area contributed by atoms with Crippen LogP contribution < -0.4 is 5.32 Å². The third-order valence-corrected chi connectivity index (χ3v) is 4.80. The highest BCUT2D eigenvalue weighted by Crippen LogP contribution is 2.25. The SMILES string of the molecule is CN1CCN(C)C(CNC(=O)c2cccc3c2CCC3=O)C1. The number of likely N-dealkylation sites (N-methyl/N-ethyl adjacent to an activating group) is 2. The Bertz CT molecular complexity index is 600. The van der Waals surface area contributed by atoms with E-state index in [2.05, 4.69) is 29.2 Å². The van der Waals surface area contributed by atoms with E-state index in [1.54, 1.807) is 6.07 Å². The lowest BCUT2D eigenvalue weighted by Crippen LogP contribution is -2.54. The van der Waals surface area contributed by atoms with E-state index in [0.717, 1.165) is 30.8 Å². The minimum atomic E-state index is -0.0619. The summed E-state index contributed by atoms with van der Waals surface area (Å²) in [6.45, 7) is 3.68. The zero-order valence-electron chi connectivity index (χ0n) is 13.3. The molecule has 1 aliphatic heterocycles. The third kappa shape index (κ3) is 2.91. The molecule has 118 valence electrons. The van der Waals surface area contributed by atoms with E-state index in [9.17, 15) is 9.59 Å². The van der Waals surface area contributed by atoms with E-state index < -0.39 is 0 Å². The summed E-state index contributed by atoms with van der Waals surface area (Å²) in [4.78, 5) is 28.8. The fourth-order valence-electron chi connectivity index (χ4n) is 3.33. The fraction of sp³-hybridized carbons (Fsp3) is 0.529. The first-order chi connectivity index (χ1) is 10.6. The van der Waals surface area contributed by atoms with Crippen LogP contribution in [-0.4, -0.2) is 67.8 Å². The number of carbonyl (C=O) groups is 2. The number of hydrogen-bond acceptors (Lipinski definition) is 4. The van der Waals surface area contributed by atoms with Crippen LogP contribution in [0.2, 0.25) is 0 Å². The maximum absolute atomic E-state index is 12.5. The Hall–Kier alpha value is -1.72. The molecule has 0 aromatic heterocycles. The summed E-state index contributed by atoms with van der Waals surface area (Å²) in [5.74, 6) is 0.0893. The van der Waals surface area contributed by atoms with Crippen LogP contribution >= 0.6 is 0 Å². The predicted molar refractivity (Wildman–Crippen MR) is 85.3 cm³/mol. The Balaban J connectivity index is 1.67. The molecule has 1 fully saturated rings. The molecule has 1 heterocycles. The Morgan fingerprint density at radius 2 is 2.09 bits per heavy atom. The van der Waals surface area contributed by atoms with Gasteiger partial charge in [0.2, 0.25) is 0 Å². The van der Waals surface area contributed by atoms with E-state index in [4.69, 9.17) is 0 Å². The average molecular weight is 301 g/mol. The van der Waals surface area contributed by atoms with Gasteiger partial charge in [-0.1, -0.05) is 12.1 Å². The molecule has 0 spiro atoms. The first kappa shape index (κ1) is 15.2. The lowest BCUT2D eigenvalue weighted by Gasteiger charge is -2.37. The molecule has 0 radical (unpaired) electrons. The predicted octanol–water partition coefficient (Wildman–Crippen LogP) is 0.791. The summed E-state index contributed by atoms with van der Waals surface area (Å²) in [7, 11) is 4.21. The Labute approximate surface area is 131 Å². The number of nitrogens with zero attached hydrogens (tertiary/aromatic N) is 2.